The number of sulfonamides is 1. The first-order valence-electron chi connectivity index (χ1n) is 9.26. The quantitative estimate of drug-likeness (QED) is 0.650. The molecule has 0 bridgehead atoms. The molecule has 0 fully saturated rings. The molecule has 0 atom stereocenters. The van der Waals surface area contributed by atoms with Gasteiger partial charge in [-0.15, -0.1) is 4.40 Å². The van der Waals surface area contributed by atoms with Gasteiger partial charge in [0, 0.05) is 0 Å². The molecule has 30 heavy (non-hydrogen) atoms. The van der Waals surface area contributed by atoms with Crippen LogP contribution >= 0.6 is 0 Å². The maximum absolute atomic E-state index is 13.2. The number of fused-ring (bicyclic) bond motifs is 1. The Morgan fingerprint density at radius 3 is 2.03 bits per heavy atom. The van der Waals surface area contributed by atoms with Crippen LogP contribution in [0.1, 0.15) is 12.5 Å². The molecule has 0 amide bonds. The highest BCUT2D eigenvalue weighted by atomic mass is 32.2. The topological polar surface area (TPSA) is 83.6 Å². The lowest BCUT2D eigenvalue weighted by molar-refractivity contribution is 0.596. The van der Waals surface area contributed by atoms with E-state index in [-0.39, 0.29) is 16.6 Å². The lowest BCUT2D eigenvalue weighted by Gasteiger charge is -2.07. The first kappa shape index (κ1) is 19.8. The summed E-state index contributed by atoms with van der Waals surface area (Å²) < 4.78 is 42.5. The summed E-state index contributed by atoms with van der Waals surface area (Å²) >= 11 is 0. The molecule has 0 saturated heterocycles. The van der Waals surface area contributed by atoms with E-state index < -0.39 is 15.8 Å². The van der Waals surface area contributed by atoms with Crippen LogP contribution in [0.5, 0.6) is 0 Å². The van der Waals surface area contributed by atoms with Gasteiger partial charge in [0.25, 0.3) is 10.0 Å². The zero-order valence-electron chi connectivity index (χ0n) is 16.0. The normalized spacial score (nSPS) is 16.1. The van der Waals surface area contributed by atoms with Crippen molar-refractivity contribution in [2.45, 2.75) is 18.2 Å². The number of para-hydroxylation sites is 2. The summed E-state index contributed by atoms with van der Waals surface area (Å²) in [5, 5.41) is 1.06. The van der Waals surface area contributed by atoms with E-state index in [0.717, 1.165) is 36.2 Å². The number of benzene rings is 3. The van der Waals surface area contributed by atoms with E-state index in [9.17, 15) is 12.8 Å². The van der Waals surface area contributed by atoms with Crippen LogP contribution in [0.2, 0.25) is 0 Å². The molecule has 1 aliphatic rings. The molecule has 0 aromatic heterocycles. The number of rotatable bonds is 4. The molecule has 8 heteroatoms. The zero-order chi connectivity index (χ0) is 21.1. The van der Waals surface area contributed by atoms with Gasteiger partial charge in [-0.25, -0.2) is 19.4 Å². The molecular formula is C22H17FN4O2S. The van der Waals surface area contributed by atoms with Crippen LogP contribution in [0.25, 0.3) is 0 Å². The second-order valence-electron chi connectivity index (χ2n) is 6.51. The number of hydrogen-bond donors (Lipinski definition) is 0. The summed E-state index contributed by atoms with van der Waals surface area (Å²) in [4.78, 5) is 13.1. The van der Waals surface area contributed by atoms with Gasteiger partial charge in [0.2, 0.25) is 5.84 Å². The molecule has 150 valence electrons. The van der Waals surface area contributed by atoms with Crippen LogP contribution in [0.15, 0.2) is 97.1 Å². The minimum atomic E-state index is -4.13. The molecule has 0 radical (unpaired) electrons. The SMILES string of the molecule is CCc1ccc(N=C2N=c3ccccc3=N/C2=N\S(=O)(=O)c2ccc(F)cc2)cc1. The van der Waals surface area contributed by atoms with Gasteiger partial charge in [-0.1, -0.05) is 31.2 Å². The van der Waals surface area contributed by atoms with Crippen molar-refractivity contribution in [1.82, 2.24) is 0 Å². The molecule has 6 nitrogen and oxygen atoms in total. The Bertz CT molecular complexity index is 1380. The number of nitrogens with zero attached hydrogens (tertiary/aromatic N) is 4. The fourth-order valence-electron chi connectivity index (χ4n) is 2.82. The Morgan fingerprint density at radius 1 is 0.833 bits per heavy atom. The molecule has 4 rings (SSSR count). The van der Waals surface area contributed by atoms with Crippen molar-refractivity contribution in [2.24, 2.45) is 19.4 Å². The van der Waals surface area contributed by atoms with Crippen LogP contribution in [-0.4, -0.2) is 20.1 Å². The second kappa shape index (κ2) is 8.08. The van der Waals surface area contributed by atoms with Crippen LogP contribution in [0.4, 0.5) is 10.1 Å². The fraction of sp³-hybridized carbons (Fsp3) is 0.0909. The Balaban J connectivity index is 1.85. The summed E-state index contributed by atoms with van der Waals surface area (Å²) in [5.74, 6) is -0.577. The van der Waals surface area contributed by atoms with Gasteiger partial charge in [-0.2, -0.15) is 8.42 Å². The zero-order valence-corrected chi connectivity index (χ0v) is 16.8. The monoisotopic (exact) mass is 420 g/mol. The number of aryl methyl sites for hydroxylation is 1. The predicted octanol–water partition coefficient (Wildman–Crippen LogP) is 3.16. The van der Waals surface area contributed by atoms with Crippen LogP contribution in [-0.2, 0) is 16.4 Å². The van der Waals surface area contributed by atoms with E-state index in [1.807, 2.05) is 30.3 Å². The van der Waals surface area contributed by atoms with Crippen LogP contribution in [0.3, 0.4) is 0 Å². The van der Waals surface area contributed by atoms with Crippen molar-refractivity contribution in [3.05, 3.63) is 94.9 Å². The third kappa shape index (κ3) is 4.23. The minimum Gasteiger partial charge on any atom is -0.226 e. The standard InChI is InChI=1S/C22H17FN4O2S/c1-2-15-7-11-17(12-8-15)24-21-22(26-20-6-4-3-5-19(20)25-21)27-30(28,29)18-13-9-16(23)10-14-18/h3-14H,2H2,1H3/b24-21?,27-22-. The summed E-state index contributed by atoms with van der Waals surface area (Å²) in [5.41, 5.74) is 1.76. The smallest absolute Gasteiger partial charge is 0.226 e. The van der Waals surface area contributed by atoms with Crippen LogP contribution < -0.4 is 10.7 Å². The summed E-state index contributed by atoms with van der Waals surface area (Å²) in [6.07, 6.45) is 0.895. The first-order valence-corrected chi connectivity index (χ1v) is 10.7. The van der Waals surface area contributed by atoms with E-state index in [0.29, 0.717) is 16.4 Å². The van der Waals surface area contributed by atoms with Gasteiger partial charge in [-0.3, -0.25) is 0 Å². The number of amidine groups is 2. The van der Waals surface area contributed by atoms with Crippen molar-refractivity contribution in [1.29, 1.82) is 0 Å². The molecular weight excluding hydrogens is 403 g/mol. The molecule has 0 N–H and O–H groups in total. The van der Waals surface area contributed by atoms with Gasteiger partial charge < -0.3 is 0 Å². The third-order valence-electron chi connectivity index (χ3n) is 4.43. The predicted molar refractivity (Wildman–Crippen MR) is 113 cm³/mol. The minimum absolute atomic E-state index is 0.0867. The van der Waals surface area contributed by atoms with Crippen molar-refractivity contribution < 1.29 is 12.8 Å². The molecule has 0 unspecified atom stereocenters. The number of aliphatic imine (C=N–C) groups is 1. The molecule has 0 spiro atoms. The molecule has 0 saturated carbocycles. The Kier molecular flexibility index (Phi) is 5.33. The molecule has 3 aromatic rings. The molecule has 0 aliphatic carbocycles. The Morgan fingerprint density at radius 2 is 1.43 bits per heavy atom. The fourth-order valence-corrected chi connectivity index (χ4v) is 3.75. The summed E-state index contributed by atoms with van der Waals surface area (Å²) in [6, 6.07) is 19.0. The Labute approximate surface area is 173 Å². The second-order valence-corrected chi connectivity index (χ2v) is 8.12. The first-order chi connectivity index (χ1) is 14.4. The number of halogens is 1. The highest BCUT2D eigenvalue weighted by Gasteiger charge is 2.19. The molecule has 1 heterocycles. The van der Waals surface area contributed by atoms with E-state index >= 15 is 0 Å². The lowest BCUT2D eigenvalue weighted by Crippen LogP contribution is -2.34. The van der Waals surface area contributed by atoms with Crippen molar-refractivity contribution >= 4 is 27.4 Å². The maximum atomic E-state index is 13.2. The number of hydrogen-bond acceptors (Lipinski definition) is 3. The lowest BCUT2D eigenvalue weighted by atomic mass is 10.1. The summed E-state index contributed by atoms with van der Waals surface area (Å²) in [6.45, 7) is 2.05. The van der Waals surface area contributed by atoms with Crippen LogP contribution in [0, 0.1) is 5.82 Å². The van der Waals surface area contributed by atoms with Crippen molar-refractivity contribution in [2.75, 3.05) is 0 Å². The van der Waals surface area contributed by atoms with Crippen molar-refractivity contribution in [3.63, 3.8) is 0 Å². The van der Waals surface area contributed by atoms with Gasteiger partial charge in [0.15, 0.2) is 5.84 Å². The van der Waals surface area contributed by atoms with Crippen molar-refractivity contribution in [3.8, 4) is 0 Å². The van der Waals surface area contributed by atoms with Gasteiger partial charge in [0.05, 0.1) is 21.3 Å². The van der Waals surface area contributed by atoms with E-state index in [4.69, 9.17) is 0 Å². The molecule has 1 aliphatic heterocycles. The maximum Gasteiger partial charge on any atom is 0.284 e. The van der Waals surface area contributed by atoms with Gasteiger partial charge in [0.1, 0.15) is 5.82 Å². The van der Waals surface area contributed by atoms with E-state index in [1.54, 1.807) is 18.2 Å². The Hall–Kier alpha value is -3.52. The highest BCUT2D eigenvalue weighted by molar-refractivity contribution is 7.90. The van der Waals surface area contributed by atoms with E-state index in [2.05, 4.69) is 26.3 Å². The van der Waals surface area contributed by atoms with E-state index in [1.165, 1.54) is 0 Å². The summed E-state index contributed by atoms with van der Waals surface area (Å²) in [7, 11) is -4.13. The highest BCUT2D eigenvalue weighted by Crippen LogP contribution is 2.17. The third-order valence-corrected chi connectivity index (χ3v) is 5.71. The van der Waals surface area contributed by atoms with Gasteiger partial charge in [-0.05, 0) is 60.5 Å². The largest absolute Gasteiger partial charge is 0.284 e. The average Bonchev–Trinajstić information content (AvgIpc) is 2.75. The van der Waals surface area contributed by atoms with Gasteiger partial charge >= 0.3 is 0 Å². The average molecular weight is 420 g/mol. The molecule has 3 aromatic carbocycles.